The summed E-state index contributed by atoms with van der Waals surface area (Å²) < 4.78 is 4.55. The van der Waals surface area contributed by atoms with Gasteiger partial charge in [-0.2, -0.15) is 0 Å². The second-order valence-electron chi connectivity index (χ2n) is 1.59. The summed E-state index contributed by atoms with van der Waals surface area (Å²) in [7, 11) is 0. The quantitative estimate of drug-likeness (QED) is 0.494. The predicted octanol–water partition coefficient (Wildman–Crippen LogP) is -0.464. The first-order valence-electron chi connectivity index (χ1n) is 2.43. The second kappa shape index (κ2) is 3.83. The van der Waals surface area contributed by atoms with Crippen LogP contribution in [-0.2, 0) is 4.74 Å². The van der Waals surface area contributed by atoms with Gasteiger partial charge in [0.15, 0.2) is 6.29 Å². The fraction of sp³-hybridized carbons (Fsp3) is 0.800. The first-order valence-corrected chi connectivity index (χ1v) is 2.43. The Kier molecular flexibility index (Phi) is 3.77. The summed E-state index contributed by atoms with van der Waals surface area (Å²) in [5.74, 6) is 0. The number of aliphatic hydroxyl groups excluding tert-OH is 2. The Morgan fingerprint density at radius 3 is 2.25 bits per heavy atom. The summed E-state index contributed by atoms with van der Waals surface area (Å²) in [6, 6.07) is 0. The molecule has 3 nitrogen and oxygen atoms in total. The minimum atomic E-state index is -0.814. The lowest BCUT2D eigenvalue weighted by Crippen LogP contribution is -2.16. The third-order valence-corrected chi connectivity index (χ3v) is 0.530. The number of hydrogen-bond donors (Lipinski definition) is 2. The highest BCUT2D eigenvalue weighted by molar-refractivity contribution is 4.52. The molecule has 3 heteroatoms. The van der Waals surface area contributed by atoms with E-state index in [9.17, 15) is 0 Å². The van der Waals surface area contributed by atoms with Crippen molar-refractivity contribution in [3.05, 3.63) is 6.92 Å². The molecule has 0 fully saturated rings. The van der Waals surface area contributed by atoms with Gasteiger partial charge in [-0.1, -0.05) is 0 Å². The molecule has 2 N–H and O–H groups in total. The number of rotatable bonds is 3. The molecule has 0 aromatic rings. The maximum Gasteiger partial charge on any atom is 0.151 e. The molecule has 0 amide bonds. The van der Waals surface area contributed by atoms with Crippen molar-refractivity contribution < 1.29 is 14.9 Å². The highest BCUT2D eigenvalue weighted by Gasteiger charge is 1.97. The lowest BCUT2D eigenvalue weighted by atomic mass is 10.4. The average molecular weight is 119 g/mol. The fourth-order valence-electron chi connectivity index (χ4n) is 0.250. The van der Waals surface area contributed by atoms with E-state index in [4.69, 9.17) is 10.2 Å². The Balaban J connectivity index is 2.93. The van der Waals surface area contributed by atoms with Crippen LogP contribution in [0.15, 0.2) is 0 Å². The van der Waals surface area contributed by atoms with Crippen LogP contribution in [0.1, 0.15) is 6.92 Å². The average Bonchev–Trinajstić information content (AvgIpc) is 1.61. The topological polar surface area (TPSA) is 49.7 Å². The molecule has 49 valence electrons. The second-order valence-corrected chi connectivity index (χ2v) is 1.59. The van der Waals surface area contributed by atoms with Crippen molar-refractivity contribution in [1.29, 1.82) is 0 Å². The van der Waals surface area contributed by atoms with Gasteiger partial charge >= 0.3 is 0 Å². The van der Waals surface area contributed by atoms with Gasteiger partial charge in [0, 0.05) is 0 Å². The van der Waals surface area contributed by atoms with E-state index in [0.717, 1.165) is 0 Å². The van der Waals surface area contributed by atoms with Gasteiger partial charge in [0.25, 0.3) is 0 Å². The molecule has 0 aliphatic rings. The van der Waals surface area contributed by atoms with Gasteiger partial charge in [0.2, 0.25) is 0 Å². The van der Waals surface area contributed by atoms with E-state index in [0.29, 0.717) is 0 Å². The van der Waals surface area contributed by atoms with Gasteiger partial charge in [0.1, 0.15) is 0 Å². The smallest absolute Gasteiger partial charge is 0.151 e. The summed E-state index contributed by atoms with van der Waals surface area (Å²) in [6.45, 7) is 4.79. The standard InChI is InChI=1S/C5H11O3/c1-4(6)3-8-5(2)7/h4-7H,1,3H2,2H3. The van der Waals surface area contributed by atoms with Gasteiger partial charge in [-0.05, 0) is 13.8 Å². The maximum absolute atomic E-state index is 8.45. The lowest BCUT2D eigenvalue weighted by molar-refractivity contribution is -0.103. The molecule has 0 rings (SSSR count). The van der Waals surface area contributed by atoms with Crippen LogP contribution in [0, 0.1) is 6.92 Å². The molecule has 0 aliphatic carbocycles. The minimum Gasteiger partial charge on any atom is -0.391 e. The summed E-state index contributed by atoms with van der Waals surface area (Å²) in [5, 5.41) is 16.9. The van der Waals surface area contributed by atoms with Crippen LogP contribution in [0.2, 0.25) is 0 Å². The van der Waals surface area contributed by atoms with E-state index in [-0.39, 0.29) is 6.61 Å². The first kappa shape index (κ1) is 7.88. The highest BCUT2D eigenvalue weighted by atomic mass is 16.6. The van der Waals surface area contributed by atoms with Crippen molar-refractivity contribution in [1.82, 2.24) is 0 Å². The van der Waals surface area contributed by atoms with E-state index in [1.165, 1.54) is 6.92 Å². The zero-order chi connectivity index (χ0) is 6.57. The van der Waals surface area contributed by atoms with Crippen LogP contribution < -0.4 is 0 Å². The van der Waals surface area contributed by atoms with Crippen LogP contribution in [0.4, 0.5) is 0 Å². The molecule has 1 radical (unpaired) electrons. The van der Waals surface area contributed by atoms with E-state index in [2.05, 4.69) is 11.7 Å². The van der Waals surface area contributed by atoms with Crippen molar-refractivity contribution in [2.24, 2.45) is 0 Å². The molecule has 0 aromatic heterocycles. The molecule has 0 bridgehead atoms. The van der Waals surface area contributed by atoms with E-state index in [1.807, 2.05) is 0 Å². The normalized spacial score (nSPS) is 18.0. The third kappa shape index (κ3) is 5.88. The largest absolute Gasteiger partial charge is 0.391 e. The molecule has 0 heterocycles. The van der Waals surface area contributed by atoms with Crippen molar-refractivity contribution in [2.75, 3.05) is 6.61 Å². The third-order valence-electron chi connectivity index (χ3n) is 0.530. The van der Waals surface area contributed by atoms with E-state index >= 15 is 0 Å². The summed E-state index contributed by atoms with van der Waals surface area (Å²) in [5.41, 5.74) is 0. The van der Waals surface area contributed by atoms with E-state index < -0.39 is 12.4 Å². The summed E-state index contributed by atoms with van der Waals surface area (Å²) in [4.78, 5) is 0. The van der Waals surface area contributed by atoms with Gasteiger partial charge < -0.3 is 14.9 Å². The van der Waals surface area contributed by atoms with Crippen LogP contribution >= 0.6 is 0 Å². The molecule has 2 unspecified atom stereocenters. The van der Waals surface area contributed by atoms with Gasteiger partial charge in [0.05, 0.1) is 12.7 Å². The summed E-state index contributed by atoms with van der Waals surface area (Å²) in [6.07, 6.45) is -1.56. The van der Waals surface area contributed by atoms with Crippen LogP contribution in [0.3, 0.4) is 0 Å². The Bertz CT molecular complexity index is 43.6. The molecule has 0 saturated heterocycles. The Labute approximate surface area is 48.9 Å². The maximum atomic E-state index is 8.45. The van der Waals surface area contributed by atoms with Crippen molar-refractivity contribution in [3.63, 3.8) is 0 Å². The highest BCUT2D eigenvalue weighted by Crippen LogP contribution is 1.86. The van der Waals surface area contributed by atoms with Gasteiger partial charge in [-0.15, -0.1) is 0 Å². The Hall–Kier alpha value is -0.120. The minimum absolute atomic E-state index is 0.0810. The molecule has 0 aromatic carbocycles. The predicted molar refractivity (Wildman–Crippen MR) is 29.0 cm³/mol. The molecule has 0 aliphatic heterocycles. The molecular formula is C5H11O3. The Morgan fingerprint density at radius 1 is 1.62 bits per heavy atom. The SMILES string of the molecule is [CH2]C(O)COC(C)O. The number of hydrogen-bond acceptors (Lipinski definition) is 3. The van der Waals surface area contributed by atoms with Crippen molar-refractivity contribution >= 4 is 0 Å². The molecular weight excluding hydrogens is 108 g/mol. The molecule has 0 saturated carbocycles. The summed E-state index contributed by atoms with van der Waals surface area (Å²) >= 11 is 0. The monoisotopic (exact) mass is 119 g/mol. The molecule has 8 heavy (non-hydrogen) atoms. The van der Waals surface area contributed by atoms with Crippen molar-refractivity contribution in [3.8, 4) is 0 Å². The number of aliphatic hydroxyl groups is 2. The Morgan fingerprint density at radius 2 is 2.12 bits per heavy atom. The number of ether oxygens (including phenoxy) is 1. The van der Waals surface area contributed by atoms with Gasteiger partial charge in [-0.3, -0.25) is 0 Å². The fourth-order valence-corrected chi connectivity index (χ4v) is 0.250. The first-order chi connectivity index (χ1) is 3.63. The van der Waals surface area contributed by atoms with Crippen LogP contribution in [0.25, 0.3) is 0 Å². The zero-order valence-electron chi connectivity index (χ0n) is 4.87. The van der Waals surface area contributed by atoms with Gasteiger partial charge in [-0.25, -0.2) is 0 Å². The van der Waals surface area contributed by atoms with Crippen LogP contribution in [-0.4, -0.2) is 29.2 Å². The van der Waals surface area contributed by atoms with Crippen molar-refractivity contribution in [2.45, 2.75) is 19.3 Å². The molecule has 2 atom stereocenters. The van der Waals surface area contributed by atoms with Crippen LogP contribution in [0.5, 0.6) is 0 Å². The van der Waals surface area contributed by atoms with E-state index in [1.54, 1.807) is 0 Å². The zero-order valence-corrected chi connectivity index (χ0v) is 4.87. The lowest BCUT2D eigenvalue weighted by Gasteiger charge is -2.06. The molecule has 0 spiro atoms.